The fraction of sp³-hybridized carbons (Fsp3) is 0.632. The number of hydrogen-bond acceptors (Lipinski definition) is 4. The van der Waals surface area contributed by atoms with E-state index in [0.29, 0.717) is 5.92 Å². The molecule has 1 saturated carbocycles. The van der Waals surface area contributed by atoms with Crippen LogP contribution in [0, 0.1) is 5.92 Å². The summed E-state index contributed by atoms with van der Waals surface area (Å²) < 4.78 is 10.7. The number of nitrogens with one attached hydrogen (secondary N) is 1. The molecule has 0 saturated heterocycles. The van der Waals surface area contributed by atoms with Gasteiger partial charge in [-0.05, 0) is 37.5 Å². The first-order valence-electron chi connectivity index (χ1n) is 8.83. The predicted octanol–water partition coefficient (Wildman–Crippen LogP) is 3.18. The zero-order valence-electron chi connectivity index (χ0n) is 15.0. The lowest BCUT2D eigenvalue weighted by molar-refractivity contribution is -0.123. The smallest absolute Gasteiger partial charge is 0.237 e. The third kappa shape index (κ3) is 4.87. The average molecular weight is 334 g/mol. The van der Waals surface area contributed by atoms with E-state index in [-0.39, 0.29) is 11.9 Å². The number of rotatable bonds is 7. The molecule has 2 rings (SSSR count). The van der Waals surface area contributed by atoms with Crippen LogP contribution in [0.15, 0.2) is 18.2 Å². The van der Waals surface area contributed by atoms with E-state index in [1.54, 1.807) is 14.2 Å². The molecule has 1 aromatic carbocycles. The van der Waals surface area contributed by atoms with Gasteiger partial charge >= 0.3 is 0 Å². The summed E-state index contributed by atoms with van der Waals surface area (Å²) in [6, 6.07) is 4.92. The normalized spacial score (nSPS) is 17.8. The molecule has 0 aromatic heterocycles. The Morgan fingerprint density at radius 1 is 1.25 bits per heavy atom. The van der Waals surface area contributed by atoms with E-state index in [1.807, 2.05) is 25.1 Å². The van der Waals surface area contributed by atoms with Crippen LogP contribution in [-0.2, 0) is 4.79 Å². The fourth-order valence-corrected chi connectivity index (χ4v) is 3.46. The van der Waals surface area contributed by atoms with Crippen molar-refractivity contribution in [1.82, 2.24) is 5.32 Å². The number of carbonyl (C=O) groups excluding carboxylic acids is 1. The van der Waals surface area contributed by atoms with Crippen LogP contribution in [0.4, 0.5) is 0 Å². The minimum Gasteiger partial charge on any atom is -0.497 e. The Labute approximate surface area is 144 Å². The van der Waals surface area contributed by atoms with Crippen molar-refractivity contribution in [2.24, 2.45) is 11.7 Å². The largest absolute Gasteiger partial charge is 0.497 e. The Kier molecular flexibility index (Phi) is 6.91. The maximum Gasteiger partial charge on any atom is 0.237 e. The van der Waals surface area contributed by atoms with E-state index < -0.39 is 6.04 Å². The zero-order valence-corrected chi connectivity index (χ0v) is 15.0. The Morgan fingerprint density at radius 2 is 1.96 bits per heavy atom. The molecule has 1 amide bonds. The topological polar surface area (TPSA) is 73.6 Å². The van der Waals surface area contributed by atoms with E-state index in [4.69, 9.17) is 15.2 Å². The van der Waals surface area contributed by atoms with E-state index in [9.17, 15) is 4.79 Å². The first-order valence-corrected chi connectivity index (χ1v) is 8.83. The molecule has 134 valence electrons. The highest BCUT2D eigenvalue weighted by molar-refractivity contribution is 5.82. The van der Waals surface area contributed by atoms with Gasteiger partial charge < -0.3 is 20.5 Å². The third-order valence-electron chi connectivity index (χ3n) is 4.91. The van der Waals surface area contributed by atoms with E-state index in [1.165, 1.54) is 32.1 Å². The van der Waals surface area contributed by atoms with Gasteiger partial charge in [0.1, 0.15) is 11.5 Å². The third-order valence-corrected chi connectivity index (χ3v) is 4.91. The lowest BCUT2D eigenvalue weighted by atomic mass is 9.85. The van der Waals surface area contributed by atoms with Gasteiger partial charge in [0.25, 0.3) is 0 Å². The van der Waals surface area contributed by atoms with Crippen molar-refractivity contribution >= 4 is 5.91 Å². The lowest BCUT2D eigenvalue weighted by Crippen LogP contribution is -2.43. The van der Waals surface area contributed by atoms with Crippen LogP contribution in [0.3, 0.4) is 0 Å². The standard InChI is InChI=1S/C19H30N2O3/c1-13(16-12-15(23-2)9-10-18(16)24-3)21-19(22)17(20)11-14-7-5-4-6-8-14/h9-10,12-14,17H,4-8,11,20H2,1-3H3,(H,21,22). The van der Waals surface area contributed by atoms with Gasteiger partial charge in [0, 0.05) is 5.56 Å². The highest BCUT2D eigenvalue weighted by atomic mass is 16.5. The molecule has 2 unspecified atom stereocenters. The number of benzene rings is 1. The molecule has 2 atom stereocenters. The van der Waals surface area contributed by atoms with Crippen molar-refractivity contribution < 1.29 is 14.3 Å². The number of hydrogen-bond donors (Lipinski definition) is 2. The summed E-state index contributed by atoms with van der Waals surface area (Å²) >= 11 is 0. The molecule has 5 heteroatoms. The summed E-state index contributed by atoms with van der Waals surface area (Å²) in [7, 11) is 3.24. The summed E-state index contributed by atoms with van der Waals surface area (Å²) in [5.74, 6) is 1.95. The number of amides is 1. The summed E-state index contributed by atoms with van der Waals surface area (Å²) in [5, 5.41) is 3.01. The first kappa shape index (κ1) is 18.6. The molecule has 3 N–H and O–H groups in total. The SMILES string of the molecule is COc1ccc(OC)c(C(C)NC(=O)C(N)CC2CCCCC2)c1. The Bertz CT molecular complexity index is 541. The van der Waals surface area contributed by atoms with Gasteiger partial charge in [0.05, 0.1) is 26.3 Å². The zero-order chi connectivity index (χ0) is 17.5. The fourth-order valence-electron chi connectivity index (χ4n) is 3.46. The Balaban J connectivity index is 1.97. The Morgan fingerprint density at radius 3 is 2.58 bits per heavy atom. The first-order chi connectivity index (χ1) is 11.5. The van der Waals surface area contributed by atoms with Gasteiger partial charge in [-0.1, -0.05) is 32.1 Å². The molecular formula is C19H30N2O3. The van der Waals surface area contributed by atoms with Gasteiger partial charge in [-0.2, -0.15) is 0 Å². The molecule has 0 aliphatic heterocycles. The Hall–Kier alpha value is -1.75. The van der Waals surface area contributed by atoms with Crippen LogP contribution in [0.2, 0.25) is 0 Å². The summed E-state index contributed by atoms with van der Waals surface area (Å²) in [5.41, 5.74) is 7.02. The van der Waals surface area contributed by atoms with Gasteiger partial charge in [0.2, 0.25) is 5.91 Å². The van der Waals surface area contributed by atoms with Crippen molar-refractivity contribution in [3.8, 4) is 11.5 Å². The number of methoxy groups -OCH3 is 2. The highest BCUT2D eigenvalue weighted by Crippen LogP contribution is 2.30. The number of ether oxygens (including phenoxy) is 2. The lowest BCUT2D eigenvalue weighted by Gasteiger charge is -2.25. The van der Waals surface area contributed by atoms with E-state index in [0.717, 1.165) is 23.5 Å². The van der Waals surface area contributed by atoms with Crippen molar-refractivity contribution in [2.75, 3.05) is 14.2 Å². The molecule has 1 aliphatic carbocycles. The van der Waals surface area contributed by atoms with Crippen LogP contribution in [0.5, 0.6) is 11.5 Å². The van der Waals surface area contributed by atoms with Gasteiger partial charge in [-0.15, -0.1) is 0 Å². The van der Waals surface area contributed by atoms with Gasteiger partial charge in [-0.3, -0.25) is 4.79 Å². The van der Waals surface area contributed by atoms with Crippen LogP contribution in [0.1, 0.15) is 57.1 Å². The van der Waals surface area contributed by atoms with Crippen molar-refractivity contribution in [3.05, 3.63) is 23.8 Å². The molecule has 0 bridgehead atoms. The number of carbonyl (C=O) groups is 1. The van der Waals surface area contributed by atoms with Crippen molar-refractivity contribution in [2.45, 2.75) is 57.5 Å². The summed E-state index contributed by atoms with van der Waals surface area (Å²) in [4.78, 5) is 12.4. The van der Waals surface area contributed by atoms with E-state index in [2.05, 4.69) is 5.32 Å². The molecule has 5 nitrogen and oxygen atoms in total. The monoisotopic (exact) mass is 334 g/mol. The average Bonchev–Trinajstić information content (AvgIpc) is 2.61. The maximum atomic E-state index is 12.4. The molecule has 1 aliphatic rings. The second kappa shape index (κ2) is 8.92. The van der Waals surface area contributed by atoms with Gasteiger partial charge in [-0.25, -0.2) is 0 Å². The van der Waals surface area contributed by atoms with Crippen LogP contribution >= 0.6 is 0 Å². The van der Waals surface area contributed by atoms with Crippen molar-refractivity contribution in [1.29, 1.82) is 0 Å². The van der Waals surface area contributed by atoms with E-state index >= 15 is 0 Å². The predicted molar refractivity (Wildman–Crippen MR) is 95.3 cm³/mol. The second-order valence-corrected chi connectivity index (χ2v) is 6.68. The van der Waals surface area contributed by atoms with Crippen LogP contribution in [0.25, 0.3) is 0 Å². The summed E-state index contributed by atoms with van der Waals surface area (Å²) in [6.45, 7) is 1.93. The molecule has 0 spiro atoms. The van der Waals surface area contributed by atoms with Gasteiger partial charge in [0.15, 0.2) is 0 Å². The van der Waals surface area contributed by atoms with Crippen LogP contribution < -0.4 is 20.5 Å². The molecule has 0 radical (unpaired) electrons. The molecular weight excluding hydrogens is 304 g/mol. The summed E-state index contributed by atoms with van der Waals surface area (Å²) in [6.07, 6.45) is 6.99. The minimum absolute atomic E-state index is 0.0991. The van der Waals surface area contributed by atoms with Crippen LogP contribution in [-0.4, -0.2) is 26.2 Å². The minimum atomic E-state index is -0.452. The quantitative estimate of drug-likeness (QED) is 0.803. The molecule has 1 fully saturated rings. The number of nitrogens with two attached hydrogens (primary N) is 1. The van der Waals surface area contributed by atoms with Crippen molar-refractivity contribution in [3.63, 3.8) is 0 Å². The maximum absolute atomic E-state index is 12.4. The molecule has 0 heterocycles. The molecule has 24 heavy (non-hydrogen) atoms. The highest BCUT2D eigenvalue weighted by Gasteiger charge is 2.23. The second-order valence-electron chi connectivity index (χ2n) is 6.68. The molecule has 1 aromatic rings.